The Hall–Kier alpha value is -0.870. The number of hydrogen-bond donors (Lipinski definition) is 1. The summed E-state index contributed by atoms with van der Waals surface area (Å²) in [5.41, 5.74) is 0.922. The molecule has 90 valence electrons. The molecular formula is C12H20N2O2. The summed E-state index contributed by atoms with van der Waals surface area (Å²) in [5.74, 6) is 0.901. The van der Waals surface area contributed by atoms with Gasteiger partial charge in [0.1, 0.15) is 0 Å². The summed E-state index contributed by atoms with van der Waals surface area (Å²) in [7, 11) is 0. The lowest BCUT2D eigenvalue weighted by atomic mass is 10.1. The van der Waals surface area contributed by atoms with E-state index in [4.69, 9.17) is 4.52 Å². The highest BCUT2D eigenvalue weighted by Crippen LogP contribution is 2.19. The van der Waals surface area contributed by atoms with Crippen molar-refractivity contribution in [2.75, 3.05) is 13.2 Å². The normalized spacial score (nSPS) is 23.2. The lowest BCUT2D eigenvalue weighted by Gasteiger charge is -2.27. The van der Waals surface area contributed by atoms with Crippen LogP contribution < -0.4 is 0 Å². The van der Waals surface area contributed by atoms with E-state index in [0.29, 0.717) is 0 Å². The van der Waals surface area contributed by atoms with Gasteiger partial charge >= 0.3 is 0 Å². The Kier molecular flexibility index (Phi) is 3.96. The summed E-state index contributed by atoms with van der Waals surface area (Å²) in [5, 5.41) is 13.3. The van der Waals surface area contributed by atoms with Crippen LogP contribution in [-0.4, -0.2) is 34.4 Å². The Labute approximate surface area is 96.2 Å². The van der Waals surface area contributed by atoms with E-state index in [2.05, 4.69) is 10.1 Å². The van der Waals surface area contributed by atoms with Gasteiger partial charge in [0.15, 0.2) is 5.76 Å². The second-order valence-corrected chi connectivity index (χ2v) is 4.59. The summed E-state index contributed by atoms with van der Waals surface area (Å²) in [6.45, 7) is 3.99. The third-order valence-electron chi connectivity index (χ3n) is 3.25. The minimum absolute atomic E-state index is 0.243. The molecule has 4 heteroatoms. The van der Waals surface area contributed by atoms with Crippen LogP contribution in [0.1, 0.15) is 37.1 Å². The van der Waals surface area contributed by atoms with Gasteiger partial charge in [-0.05, 0) is 26.3 Å². The number of likely N-dealkylation sites (tertiary alicyclic amines) is 1. The highest BCUT2D eigenvalue weighted by molar-refractivity contribution is 5.03. The van der Waals surface area contributed by atoms with E-state index < -0.39 is 0 Å². The molecule has 1 atom stereocenters. The van der Waals surface area contributed by atoms with Gasteiger partial charge in [0.05, 0.1) is 18.8 Å². The van der Waals surface area contributed by atoms with Gasteiger partial charge in [-0.1, -0.05) is 18.0 Å². The summed E-state index contributed by atoms with van der Waals surface area (Å²) < 4.78 is 5.23. The van der Waals surface area contributed by atoms with Crippen LogP contribution >= 0.6 is 0 Å². The van der Waals surface area contributed by atoms with E-state index in [1.807, 2.05) is 13.0 Å². The minimum Gasteiger partial charge on any atom is -0.395 e. The third-order valence-corrected chi connectivity index (χ3v) is 3.25. The van der Waals surface area contributed by atoms with Gasteiger partial charge in [0, 0.05) is 12.1 Å². The Morgan fingerprint density at radius 2 is 2.38 bits per heavy atom. The number of aliphatic hydroxyl groups excluding tert-OH is 1. The van der Waals surface area contributed by atoms with Crippen molar-refractivity contribution in [1.82, 2.24) is 10.1 Å². The molecule has 16 heavy (non-hydrogen) atoms. The number of aromatic nitrogens is 1. The van der Waals surface area contributed by atoms with Crippen molar-refractivity contribution in [2.24, 2.45) is 0 Å². The lowest BCUT2D eigenvalue weighted by Crippen LogP contribution is -2.36. The molecule has 0 aliphatic carbocycles. The molecule has 0 aromatic carbocycles. The van der Waals surface area contributed by atoms with Crippen LogP contribution in [0, 0.1) is 6.92 Å². The van der Waals surface area contributed by atoms with Crippen molar-refractivity contribution in [3.8, 4) is 0 Å². The quantitative estimate of drug-likeness (QED) is 0.849. The first-order chi connectivity index (χ1) is 7.79. The molecule has 0 amide bonds. The predicted octanol–water partition coefficient (Wildman–Crippen LogP) is 1.72. The van der Waals surface area contributed by atoms with Crippen molar-refractivity contribution >= 4 is 0 Å². The highest BCUT2D eigenvalue weighted by Gasteiger charge is 2.21. The monoisotopic (exact) mass is 224 g/mol. The first kappa shape index (κ1) is 11.6. The number of hydrogen-bond acceptors (Lipinski definition) is 4. The fourth-order valence-electron chi connectivity index (χ4n) is 2.34. The van der Waals surface area contributed by atoms with Crippen molar-refractivity contribution in [3.05, 3.63) is 17.5 Å². The fraction of sp³-hybridized carbons (Fsp3) is 0.750. The molecule has 0 radical (unpaired) electrons. The van der Waals surface area contributed by atoms with E-state index >= 15 is 0 Å². The molecule has 1 unspecified atom stereocenters. The number of aryl methyl sites for hydroxylation is 1. The van der Waals surface area contributed by atoms with Crippen LogP contribution in [-0.2, 0) is 6.54 Å². The Balaban J connectivity index is 1.99. The second-order valence-electron chi connectivity index (χ2n) is 4.59. The Morgan fingerprint density at radius 1 is 1.50 bits per heavy atom. The van der Waals surface area contributed by atoms with E-state index in [9.17, 15) is 5.11 Å². The third kappa shape index (κ3) is 2.83. The van der Waals surface area contributed by atoms with Gasteiger partial charge < -0.3 is 9.63 Å². The zero-order valence-corrected chi connectivity index (χ0v) is 9.85. The molecule has 1 aromatic rings. The molecule has 2 rings (SSSR count). The van der Waals surface area contributed by atoms with Crippen molar-refractivity contribution in [3.63, 3.8) is 0 Å². The number of nitrogens with zero attached hydrogens (tertiary/aromatic N) is 2. The van der Waals surface area contributed by atoms with Crippen LogP contribution in [0.15, 0.2) is 10.6 Å². The van der Waals surface area contributed by atoms with Gasteiger partial charge in [-0.2, -0.15) is 0 Å². The highest BCUT2D eigenvalue weighted by atomic mass is 16.5. The van der Waals surface area contributed by atoms with Crippen LogP contribution in [0.4, 0.5) is 0 Å². The molecule has 4 nitrogen and oxygen atoms in total. The molecule has 1 N–H and O–H groups in total. The molecule has 0 saturated carbocycles. The predicted molar refractivity (Wildman–Crippen MR) is 61.0 cm³/mol. The smallest absolute Gasteiger partial charge is 0.150 e. The molecule has 0 spiro atoms. The molecule has 1 saturated heterocycles. The summed E-state index contributed by atoms with van der Waals surface area (Å²) in [6, 6.07) is 2.26. The molecule has 1 aliphatic rings. The zero-order chi connectivity index (χ0) is 11.4. The van der Waals surface area contributed by atoms with Crippen molar-refractivity contribution in [1.29, 1.82) is 0 Å². The first-order valence-corrected chi connectivity index (χ1v) is 6.06. The van der Waals surface area contributed by atoms with Crippen LogP contribution in [0.5, 0.6) is 0 Å². The van der Waals surface area contributed by atoms with E-state index in [1.165, 1.54) is 19.3 Å². The topological polar surface area (TPSA) is 49.5 Å². The second kappa shape index (κ2) is 5.46. The fourth-order valence-corrected chi connectivity index (χ4v) is 2.34. The number of aliphatic hydroxyl groups is 1. The number of rotatable bonds is 3. The molecular weight excluding hydrogens is 204 g/mol. The maximum atomic E-state index is 9.38. The van der Waals surface area contributed by atoms with Crippen LogP contribution in [0.25, 0.3) is 0 Å². The first-order valence-electron chi connectivity index (χ1n) is 6.06. The zero-order valence-electron chi connectivity index (χ0n) is 9.85. The maximum Gasteiger partial charge on any atom is 0.150 e. The minimum atomic E-state index is 0.243. The largest absolute Gasteiger partial charge is 0.395 e. The summed E-state index contributed by atoms with van der Waals surface area (Å²) in [4.78, 5) is 2.31. The van der Waals surface area contributed by atoms with E-state index in [0.717, 1.165) is 31.0 Å². The van der Waals surface area contributed by atoms with Gasteiger partial charge in [-0.3, -0.25) is 4.90 Å². The Bertz CT molecular complexity index is 325. The molecule has 1 aromatic heterocycles. The standard InChI is InChI=1S/C12H20N2O2/c1-10-7-12(16-13-10)8-14-6-4-2-3-5-11(14)9-15/h7,11,15H,2-6,8-9H2,1H3. The van der Waals surface area contributed by atoms with Gasteiger partial charge in [0.2, 0.25) is 0 Å². The molecule has 2 heterocycles. The average Bonchev–Trinajstić information content (AvgIpc) is 2.56. The SMILES string of the molecule is Cc1cc(CN2CCCCCC2CO)on1. The van der Waals surface area contributed by atoms with Crippen LogP contribution in [0.2, 0.25) is 0 Å². The lowest BCUT2D eigenvalue weighted by molar-refractivity contribution is 0.109. The molecule has 1 fully saturated rings. The van der Waals surface area contributed by atoms with Crippen molar-refractivity contribution < 1.29 is 9.63 Å². The maximum absolute atomic E-state index is 9.38. The summed E-state index contributed by atoms with van der Waals surface area (Å²) in [6.07, 6.45) is 4.78. The summed E-state index contributed by atoms with van der Waals surface area (Å²) >= 11 is 0. The van der Waals surface area contributed by atoms with Gasteiger partial charge in [-0.25, -0.2) is 0 Å². The Morgan fingerprint density at radius 3 is 3.06 bits per heavy atom. The van der Waals surface area contributed by atoms with E-state index in [-0.39, 0.29) is 12.6 Å². The van der Waals surface area contributed by atoms with E-state index in [1.54, 1.807) is 0 Å². The van der Waals surface area contributed by atoms with Gasteiger partial charge in [-0.15, -0.1) is 0 Å². The molecule has 1 aliphatic heterocycles. The van der Waals surface area contributed by atoms with Crippen molar-refractivity contribution in [2.45, 2.75) is 45.2 Å². The molecule has 0 bridgehead atoms. The van der Waals surface area contributed by atoms with Gasteiger partial charge in [0.25, 0.3) is 0 Å². The van der Waals surface area contributed by atoms with Crippen LogP contribution in [0.3, 0.4) is 0 Å². The average molecular weight is 224 g/mol.